The molecule has 0 amide bonds. The van der Waals surface area contributed by atoms with Crippen LogP contribution in [0.25, 0.3) is 0 Å². The lowest BCUT2D eigenvalue weighted by Crippen LogP contribution is -2.15. The van der Waals surface area contributed by atoms with Gasteiger partial charge in [0.15, 0.2) is 0 Å². The number of anilines is 2. The van der Waals surface area contributed by atoms with E-state index in [9.17, 15) is 5.26 Å². The molecule has 94 valence electrons. The van der Waals surface area contributed by atoms with Crippen LogP contribution in [0, 0.1) is 11.3 Å². The van der Waals surface area contributed by atoms with Crippen LogP contribution in [0.1, 0.15) is 23.2 Å². The maximum Gasteiger partial charge on any atom is 0.139 e. The van der Waals surface area contributed by atoms with E-state index in [-0.39, 0.29) is 0 Å². The molecule has 1 aromatic heterocycles. The zero-order valence-corrected chi connectivity index (χ0v) is 10.8. The van der Waals surface area contributed by atoms with E-state index in [1.54, 1.807) is 6.33 Å². The van der Waals surface area contributed by atoms with Gasteiger partial charge in [0.1, 0.15) is 18.2 Å². The quantitative estimate of drug-likeness (QED) is 0.822. The molecule has 0 bridgehead atoms. The van der Waals surface area contributed by atoms with Gasteiger partial charge in [-0.2, -0.15) is 5.26 Å². The fourth-order valence-electron chi connectivity index (χ4n) is 2.61. The van der Waals surface area contributed by atoms with Crippen LogP contribution in [0.5, 0.6) is 0 Å². The number of aryl methyl sites for hydroxylation is 1. The van der Waals surface area contributed by atoms with Gasteiger partial charge in [0.25, 0.3) is 0 Å². The Labute approximate surface area is 112 Å². The number of nitrogens with zero attached hydrogens (tertiary/aromatic N) is 4. The molecular formula is C15H14N4. The Morgan fingerprint density at radius 2 is 2.05 bits per heavy atom. The molecule has 0 aliphatic heterocycles. The van der Waals surface area contributed by atoms with Gasteiger partial charge in [-0.25, -0.2) is 9.97 Å². The first-order valence-electron chi connectivity index (χ1n) is 6.37. The summed E-state index contributed by atoms with van der Waals surface area (Å²) in [7, 11) is 1.96. The van der Waals surface area contributed by atoms with Crippen molar-refractivity contribution in [2.45, 2.75) is 19.3 Å². The van der Waals surface area contributed by atoms with Crippen LogP contribution in [0.2, 0.25) is 0 Å². The van der Waals surface area contributed by atoms with E-state index in [0.717, 1.165) is 36.5 Å². The fraction of sp³-hybridized carbons (Fsp3) is 0.267. The fourth-order valence-corrected chi connectivity index (χ4v) is 2.61. The minimum atomic E-state index is 0.662. The van der Waals surface area contributed by atoms with Gasteiger partial charge in [-0.15, -0.1) is 0 Å². The maximum absolute atomic E-state index is 9.20. The van der Waals surface area contributed by atoms with Gasteiger partial charge in [-0.05, 0) is 31.4 Å². The predicted molar refractivity (Wildman–Crippen MR) is 73.3 cm³/mol. The van der Waals surface area contributed by atoms with Gasteiger partial charge >= 0.3 is 0 Å². The Balaban J connectivity index is 2.08. The SMILES string of the molecule is CN(c1ccccc1C#N)c1ncnc2c1CCC2. The number of nitriles is 1. The normalized spacial score (nSPS) is 12.8. The topological polar surface area (TPSA) is 52.8 Å². The molecule has 1 aromatic carbocycles. The van der Waals surface area contributed by atoms with E-state index in [0.29, 0.717) is 5.56 Å². The average molecular weight is 250 g/mol. The van der Waals surface area contributed by atoms with Crippen LogP contribution in [0.3, 0.4) is 0 Å². The van der Waals surface area contributed by atoms with Crippen molar-refractivity contribution in [2.24, 2.45) is 0 Å². The van der Waals surface area contributed by atoms with Crippen LogP contribution in [0.15, 0.2) is 30.6 Å². The largest absolute Gasteiger partial charge is 0.328 e. The van der Waals surface area contributed by atoms with Crippen molar-refractivity contribution in [1.29, 1.82) is 5.26 Å². The summed E-state index contributed by atoms with van der Waals surface area (Å²) < 4.78 is 0. The highest BCUT2D eigenvalue weighted by atomic mass is 15.2. The molecule has 0 spiro atoms. The summed E-state index contributed by atoms with van der Waals surface area (Å²) in [5.41, 5.74) is 3.91. The first kappa shape index (κ1) is 11.7. The molecule has 0 saturated carbocycles. The summed E-state index contributed by atoms with van der Waals surface area (Å²) in [4.78, 5) is 10.7. The van der Waals surface area contributed by atoms with Crippen LogP contribution in [-0.4, -0.2) is 17.0 Å². The standard InChI is InChI=1S/C15H14N4/c1-19(14-8-3-2-5-11(14)9-16)15-12-6-4-7-13(12)17-10-18-15/h2-3,5,8,10H,4,6-7H2,1H3. The van der Waals surface area contributed by atoms with Crippen LogP contribution >= 0.6 is 0 Å². The second-order valence-corrected chi connectivity index (χ2v) is 4.66. The molecule has 0 atom stereocenters. The lowest BCUT2D eigenvalue weighted by Gasteiger charge is -2.21. The molecule has 0 radical (unpaired) electrons. The summed E-state index contributed by atoms with van der Waals surface area (Å²) >= 11 is 0. The van der Waals surface area contributed by atoms with E-state index in [1.807, 2.05) is 36.2 Å². The first-order valence-corrected chi connectivity index (χ1v) is 6.37. The number of hydrogen-bond acceptors (Lipinski definition) is 4. The molecule has 1 aliphatic rings. The highest BCUT2D eigenvalue weighted by molar-refractivity contribution is 5.69. The number of hydrogen-bond donors (Lipinski definition) is 0. The molecular weight excluding hydrogens is 236 g/mol. The van der Waals surface area contributed by atoms with E-state index in [2.05, 4.69) is 16.0 Å². The van der Waals surface area contributed by atoms with Gasteiger partial charge in [-0.3, -0.25) is 0 Å². The molecule has 19 heavy (non-hydrogen) atoms. The van der Waals surface area contributed by atoms with Gasteiger partial charge in [0, 0.05) is 18.3 Å². The molecule has 4 heteroatoms. The van der Waals surface area contributed by atoms with Gasteiger partial charge < -0.3 is 4.90 Å². The molecule has 0 unspecified atom stereocenters. The average Bonchev–Trinajstić information content (AvgIpc) is 2.94. The predicted octanol–water partition coefficient (Wildman–Crippen LogP) is 2.60. The number of aromatic nitrogens is 2. The van der Waals surface area contributed by atoms with Crippen molar-refractivity contribution in [1.82, 2.24) is 9.97 Å². The summed E-state index contributed by atoms with van der Waals surface area (Å²) in [6.07, 6.45) is 4.79. The van der Waals surface area contributed by atoms with Crippen molar-refractivity contribution in [2.75, 3.05) is 11.9 Å². The molecule has 1 aliphatic carbocycles. The minimum Gasteiger partial charge on any atom is -0.328 e. The van der Waals surface area contributed by atoms with E-state index in [4.69, 9.17) is 0 Å². The third-order valence-electron chi connectivity index (χ3n) is 3.56. The second-order valence-electron chi connectivity index (χ2n) is 4.66. The molecule has 4 nitrogen and oxygen atoms in total. The number of fused-ring (bicyclic) bond motifs is 1. The Morgan fingerprint density at radius 3 is 2.89 bits per heavy atom. The first-order chi connectivity index (χ1) is 9.31. The van der Waals surface area contributed by atoms with Crippen molar-refractivity contribution < 1.29 is 0 Å². The van der Waals surface area contributed by atoms with Crippen LogP contribution < -0.4 is 4.90 Å². The second kappa shape index (κ2) is 4.69. The maximum atomic E-state index is 9.20. The van der Waals surface area contributed by atoms with Crippen molar-refractivity contribution in [3.05, 3.63) is 47.4 Å². The van der Waals surface area contributed by atoms with Crippen LogP contribution in [-0.2, 0) is 12.8 Å². The highest BCUT2D eigenvalue weighted by Gasteiger charge is 2.20. The molecule has 0 fully saturated rings. The zero-order chi connectivity index (χ0) is 13.2. The molecule has 0 N–H and O–H groups in total. The molecule has 0 saturated heterocycles. The zero-order valence-electron chi connectivity index (χ0n) is 10.8. The highest BCUT2D eigenvalue weighted by Crippen LogP contribution is 2.32. The molecule has 1 heterocycles. The lowest BCUT2D eigenvalue weighted by atomic mass is 10.1. The third-order valence-corrected chi connectivity index (χ3v) is 3.56. The van der Waals surface area contributed by atoms with Crippen molar-refractivity contribution in [3.8, 4) is 6.07 Å². The Bertz CT molecular complexity index is 657. The summed E-state index contributed by atoms with van der Waals surface area (Å²) in [6, 6.07) is 9.82. The molecule has 2 aromatic rings. The Morgan fingerprint density at radius 1 is 1.21 bits per heavy atom. The Kier molecular flexibility index (Phi) is 2.88. The third kappa shape index (κ3) is 1.93. The van der Waals surface area contributed by atoms with E-state index >= 15 is 0 Å². The van der Waals surface area contributed by atoms with Crippen LogP contribution in [0.4, 0.5) is 11.5 Å². The Hall–Kier alpha value is -2.41. The van der Waals surface area contributed by atoms with E-state index in [1.165, 1.54) is 5.56 Å². The summed E-state index contributed by atoms with van der Waals surface area (Å²) in [5.74, 6) is 0.921. The van der Waals surface area contributed by atoms with Gasteiger partial charge in [0.2, 0.25) is 0 Å². The van der Waals surface area contributed by atoms with Gasteiger partial charge in [-0.1, -0.05) is 12.1 Å². The minimum absolute atomic E-state index is 0.662. The summed E-state index contributed by atoms with van der Waals surface area (Å²) in [5, 5.41) is 9.20. The van der Waals surface area contributed by atoms with E-state index < -0.39 is 0 Å². The molecule has 3 rings (SSSR count). The van der Waals surface area contributed by atoms with Crippen molar-refractivity contribution in [3.63, 3.8) is 0 Å². The number of para-hydroxylation sites is 1. The lowest BCUT2D eigenvalue weighted by molar-refractivity contribution is 0.899. The number of benzene rings is 1. The smallest absolute Gasteiger partial charge is 0.139 e. The van der Waals surface area contributed by atoms with Crippen molar-refractivity contribution >= 4 is 11.5 Å². The van der Waals surface area contributed by atoms with Gasteiger partial charge in [0.05, 0.1) is 11.3 Å². The number of rotatable bonds is 2. The summed E-state index contributed by atoms with van der Waals surface area (Å²) in [6.45, 7) is 0. The monoisotopic (exact) mass is 250 g/mol.